The highest BCUT2D eigenvalue weighted by atomic mass is 16.3. The first-order chi connectivity index (χ1) is 7.77. The van der Waals surface area contributed by atoms with Gasteiger partial charge in [0.2, 0.25) is 0 Å². The van der Waals surface area contributed by atoms with E-state index in [1.807, 2.05) is 26.0 Å². The predicted octanol–water partition coefficient (Wildman–Crippen LogP) is 3.58. The molecular weight excluding hydrogens is 198 g/mol. The minimum atomic E-state index is 0.354. The molecule has 0 aromatic heterocycles. The molecule has 2 rings (SSSR count). The van der Waals surface area contributed by atoms with Crippen LogP contribution in [0.15, 0.2) is 24.3 Å². The van der Waals surface area contributed by atoms with E-state index >= 15 is 0 Å². The molecule has 1 fully saturated rings. The molecule has 0 aliphatic carbocycles. The van der Waals surface area contributed by atoms with Crippen LogP contribution in [0.5, 0.6) is 5.75 Å². The lowest BCUT2D eigenvalue weighted by atomic mass is 9.96. The first-order valence-corrected chi connectivity index (χ1v) is 6.26. The molecule has 0 bridgehead atoms. The molecule has 0 spiro atoms. The summed E-state index contributed by atoms with van der Waals surface area (Å²) < 4.78 is 0. The molecule has 1 unspecified atom stereocenters. The molecule has 2 heteroatoms. The standard InChI is InChI=1S/C12H17NO.C2H6/c1-13-9-3-2-4-12(13)10-5-7-11(14)8-6-10;1-2/h5-8,12,14H,2-4,9H2,1H3;1-2H3. The van der Waals surface area contributed by atoms with Crippen molar-refractivity contribution in [2.75, 3.05) is 13.6 Å². The van der Waals surface area contributed by atoms with Crippen LogP contribution in [-0.2, 0) is 0 Å². The fourth-order valence-corrected chi connectivity index (χ4v) is 2.19. The Bertz CT molecular complexity index is 294. The van der Waals surface area contributed by atoms with Gasteiger partial charge in [0.15, 0.2) is 0 Å². The van der Waals surface area contributed by atoms with E-state index in [1.54, 1.807) is 12.1 Å². The van der Waals surface area contributed by atoms with Crippen molar-refractivity contribution < 1.29 is 5.11 Å². The fraction of sp³-hybridized carbons (Fsp3) is 0.571. The molecule has 0 amide bonds. The third-order valence-corrected chi connectivity index (χ3v) is 3.05. The second kappa shape index (κ2) is 6.54. The Morgan fingerprint density at radius 3 is 2.31 bits per heavy atom. The van der Waals surface area contributed by atoms with E-state index < -0.39 is 0 Å². The second-order valence-corrected chi connectivity index (χ2v) is 4.08. The normalized spacial score (nSPS) is 21.1. The van der Waals surface area contributed by atoms with Gasteiger partial charge in [-0.25, -0.2) is 0 Å². The minimum Gasteiger partial charge on any atom is -0.508 e. The smallest absolute Gasteiger partial charge is 0.115 e. The number of rotatable bonds is 1. The van der Waals surface area contributed by atoms with E-state index in [2.05, 4.69) is 11.9 Å². The lowest BCUT2D eigenvalue weighted by Crippen LogP contribution is -2.29. The number of likely N-dealkylation sites (tertiary alicyclic amines) is 1. The lowest BCUT2D eigenvalue weighted by Gasteiger charge is -2.32. The maximum Gasteiger partial charge on any atom is 0.115 e. The van der Waals surface area contributed by atoms with E-state index in [-0.39, 0.29) is 0 Å². The zero-order valence-electron chi connectivity index (χ0n) is 10.6. The Hall–Kier alpha value is -1.02. The highest BCUT2D eigenvalue weighted by Crippen LogP contribution is 2.29. The van der Waals surface area contributed by atoms with Crippen LogP contribution in [0.2, 0.25) is 0 Å². The van der Waals surface area contributed by atoms with Crippen LogP contribution in [0.25, 0.3) is 0 Å². The molecule has 0 saturated carbocycles. The number of hydrogen-bond acceptors (Lipinski definition) is 2. The molecule has 1 N–H and O–H groups in total. The maximum atomic E-state index is 9.21. The molecule has 1 aliphatic heterocycles. The summed E-state index contributed by atoms with van der Waals surface area (Å²) in [7, 11) is 2.18. The van der Waals surface area contributed by atoms with Gasteiger partial charge in [-0.1, -0.05) is 32.4 Å². The molecule has 1 aromatic carbocycles. The summed E-state index contributed by atoms with van der Waals surface area (Å²) in [5.41, 5.74) is 1.32. The Labute approximate surface area is 98.9 Å². The molecule has 1 aliphatic rings. The second-order valence-electron chi connectivity index (χ2n) is 4.08. The van der Waals surface area contributed by atoms with Crippen molar-refractivity contribution in [3.8, 4) is 5.75 Å². The number of aromatic hydroxyl groups is 1. The van der Waals surface area contributed by atoms with Gasteiger partial charge in [-0.2, -0.15) is 0 Å². The first-order valence-electron chi connectivity index (χ1n) is 6.26. The Kier molecular flexibility index (Phi) is 5.33. The van der Waals surface area contributed by atoms with E-state index in [1.165, 1.54) is 31.4 Å². The van der Waals surface area contributed by atoms with Crippen LogP contribution in [0.3, 0.4) is 0 Å². The Morgan fingerprint density at radius 1 is 1.12 bits per heavy atom. The van der Waals surface area contributed by atoms with Crippen molar-refractivity contribution in [2.45, 2.75) is 39.2 Å². The van der Waals surface area contributed by atoms with Gasteiger partial charge in [-0.15, -0.1) is 0 Å². The van der Waals surface area contributed by atoms with E-state index in [9.17, 15) is 5.11 Å². The van der Waals surface area contributed by atoms with Gasteiger partial charge in [0.05, 0.1) is 0 Å². The van der Waals surface area contributed by atoms with Gasteiger partial charge in [0, 0.05) is 6.04 Å². The van der Waals surface area contributed by atoms with Crippen molar-refractivity contribution in [3.05, 3.63) is 29.8 Å². The third-order valence-electron chi connectivity index (χ3n) is 3.05. The highest BCUT2D eigenvalue weighted by molar-refractivity contribution is 5.28. The van der Waals surface area contributed by atoms with Crippen LogP contribution in [0.4, 0.5) is 0 Å². The molecule has 1 heterocycles. The number of piperidine rings is 1. The number of phenolic OH excluding ortho intramolecular Hbond substituents is 1. The van der Waals surface area contributed by atoms with Crippen LogP contribution in [0, 0.1) is 0 Å². The van der Waals surface area contributed by atoms with Crippen molar-refractivity contribution in [2.24, 2.45) is 0 Å². The van der Waals surface area contributed by atoms with Crippen LogP contribution in [0.1, 0.15) is 44.7 Å². The molecule has 1 saturated heterocycles. The topological polar surface area (TPSA) is 23.5 Å². The molecule has 16 heavy (non-hydrogen) atoms. The summed E-state index contributed by atoms with van der Waals surface area (Å²) in [4.78, 5) is 2.40. The summed E-state index contributed by atoms with van der Waals surface area (Å²) in [5, 5.41) is 9.21. The quantitative estimate of drug-likeness (QED) is 0.783. The summed E-state index contributed by atoms with van der Waals surface area (Å²) in [6, 6.07) is 8.16. The van der Waals surface area contributed by atoms with Crippen LogP contribution >= 0.6 is 0 Å². The zero-order chi connectivity index (χ0) is 12.0. The number of hydrogen-bond donors (Lipinski definition) is 1. The monoisotopic (exact) mass is 221 g/mol. The van der Waals surface area contributed by atoms with E-state index in [4.69, 9.17) is 0 Å². The Balaban J connectivity index is 0.000000606. The van der Waals surface area contributed by atoms with Gasteiger partial charge in [-0.3, -0.25) is 4.90 Å². The maximum absolute atomic E-state index is 9.21. The third kappa shape index (κ3) is 3.24. The highest BCUT2D eigenvalue weighted by Gasteiger charge is 2.19. The molecular formula is C14H23NO. The molecule has 0 radical (unpaired) electrons. The van der Waals surface area contributed by atoms with Crippen molar-refractivity contribution in [3.63, 3.8) is 0 Å². The van der Waals surface area contributed by atoms with Gasteiger partial charge >= 0.3 is 0 Å². The Morgan fingerprint density at radius 2 is 1.75 bits per heavy atom. The van der Waals surface area contributed by atoms with Crippen molar-refractivity contribution >= 4 is 0 Å². The SMILES string of the molecule is CC.CN1CCCCC1c1ccc(O)cc1. The summed E-state index contributed by atoms with van der Waals surface area (Å²) in [6.07, 6.45) is 3.86. The molecule has 1 aromatic rings. The number of benzene rings is 1. The first kappa shape index (κ1) is 13.0. The van der Waals surface area contributed by atoms with Crippen LogP contribution < -0.4 is 0 Å². The summed E-state index contributed by atoms with van der Waals surface area (Å²) in [6.45, 7) is 5.19. The zero-order valence-corrected chi connectivity index (χ0v) is 10.6. The average Bonchev–Trinajstić information content (AvgIpc) is 2.34. The van der Waals surface area contributed by atoms with Crippen LogP contribution in [-0.4, -0.2) is 23.6 Å². The fourth-order valence-electron chi connectivity index (χ4n) is 2.19. The van der Waals surface area contributed by atoms with Gasteiger partial charge < -0.3 is 5.11 Å². The molecule has 2 nitrogen and oxygen atoms in total. The van der Waals surface area contributed by atoms with Crippen molar-refractivity contribution in [1.29, 1.82) is 0 Å². The summed E-state index contributed by atoms with van der Waals surface area (Å²) in [5.74, 6) is 0.354. The predicted molar refractivity (Wildman–Crippen MR) is 68.7 cm³/mol. The van der Waals surface area contributed by atoms with Gasteiger partial charge in [0.1, 0.15) is 5.75 Å². The van der Waals surface area contributed by atoms with Gasteiger partial charge in [-0.05, 0) is 44.1 Å². The molecule has 90 valence electrons. The lowest BCUT2D eigenvalue weighted by molar-refractivity contribution is 0.187. The number of phenols is 1. The summed E-state index contributed by atoms with van der Waals surface area (Å²) >= 11 is 0. The number of nitrogens with zero attached hydrogens (tertiary/aromatic N) is 1. The minimum absolute atomic E-state index is 0.354. The van der Waals surface area contributed by atoms with E-state index in [0.717, 1.165) is 0 Å². The van der Waals surface area contributed by atoms with Gasteiger partial charge in [0.25, 0.3) is 0 Å². The van der Waals surface area contributed by atoms with Crippen molar-refractivity contribution in [1.82, 2.24) is 4.90 Å². The molecule has 1 atom stereocenters. The van der Waals surface area contributed by atoms with E-state index in [0.29, 0.717) is 11.8 Å². The average molecular weight is 221 g/mol. The largest absolute Gasteiger partial charge is 0.508 e.